The van der Waals surface area contributed by atoms with Crippen LogP contribution in [0.25, 0.3) is 11.5 Å². The molecule has 7 heteroatoms. The molecule has 1 N–H and O–H groups in total. The number of rotatable bonds is 8. The van der Waals surface area contributed by atoms with E-state index in [1.165, 1.54) is 0 Å². The minimum Gasteiger partial charge on any atom is -0.497 e. The van der Waals surface area contributed by atoms with Gasteiger partial charge in [0.2, 0.25) is 0 Å². The van der Waals surface area contributed by atoms with E-state index in [0.29, 0.717) is 30.0 Å². The molecule has 2 aromatic heterocycles. The monoisotopic (exact) mass is 444 g/mol. The number of methoxy groups -OCH3 is 2. The predicted molar refractivity (Wildman–Crippen MR) is 128 cm³/mol. The number of hydrogen-bond donors (Lipinski definition) is 1. The standard InChI is InChI=1S/C26H28N4O3/c1-18-7-10-21(11-8-18)30-26(29-15-5-6-16-29)24(19(2)28-30)25(31)27-14-13-20-9-12-22(32-3)17-23(20)33-4/h5-12,15-17H,13-14H2,1-4H3,(H,27,31). The third kappa shape index (κ3) is 4.62. The Morgan fingerprint density at radius 3 is 2.39 bits per heavy atom. The maximum Gasteiger partial charge on any atom is 0.257 e. The van der Waals surface area contributed by atoms with E-state index in [-0.39, 0.29) is 5.91 Å². The zero-order valence-corrected chi connectivity index (χ0v) is 19.3. The first kappa shape index (κ1) is 22.2. The number of nitrogens with one attached hydrogen (secondary N) is 1. The summed E-state index contributed by atoms with van der Waals surface area (Å²) >= 11 is 0. The highest BCUT2D eigenvalue weighted by molar-refractivity contribution is 5.98. The molecule has 0 atom stereocenters. The van der Waals surface area contributed by atoms with Gasteiger partial charge in [0.15, 0.2) is 5.82 Å². The Hall–Kier alpha value is -4.00. The van der Waals surface area contributed by atoms with Crippen LogP contribution in [0.2, 0.25) is 0 Å². The zero-order valence-electron chi connectivity index (χ0n) is 19.3. The van der Waals surface area contributed by atoms with Crippen molar-refractivity contribution in [3.63, 3.8) is 0 Å². The Labute approximate surface area is 193 Å². The van der Waals surface area contributed by atoms with Gasteiger partial charge < -0.3 is 19.4 Å². The van der Waals surface area contributed by atoms with Crippen LogP contribution in [-0.4, -0.2) is 41.0 Å². The molecule has 2 heterocycles. The Morgan fingerprint density at radius 2 is 1.73 bits per heavy atom. The number of carbonyl (C=O) groups is 1. The van der Waals surface area contributed by atoms with Crippen molar-refractivity contribution in [3.05, 3.63) is 89.4 Å². The van der Waals surface area contributed by atoms with E-state index in [1.54, 1.807) is 14.2 Å². The molecule has 0 aliphatic carbocycles. The molecule has 0 radical (unpaired) electrons. The summed E-state index contributed by atoms with van der Waals surface area (Å²) in [6.45, 7) is 4.36. The van der Waals surface area contributed by atoms with Gasteiger partial charge in [-0.05, 0) is 56.2 Å². The Balaban J connectivity index is 1.60. The summed E-state index contributed by atoms with van der Waals surface area (Å²) < 4.78 is 14.5. The largest absolute Gasteiger partial charge is 0.497 e. The molecule has 2 aromatic carbocycles. The topological polar surface area (TPSA) is 70.3 Å². The molecule has 0 spiro atoms. The molecule has 4 rings (SSSR count). The highest BCUT2D eigenvalue weighted by atomic mass is 16.5. The smallest absolute Gasteiger partial charge is 0.257 e. The summed E-state index contributed by atoms with van der Waals surface area (Å²) in [5, 5.41) is 7.75. The van der Waals surface area contributed by atoms with E-state index >= 15 is 0 Å². The van der Waals surface area contributed by atoms with Crippen LogP contribution in [0.1, 0.15) is 27.2 Å². The van der Waals surface area contributed by atoms with Crippen molar-refractivity contribution in [2.75, 3.05) is 20.8 Å². The molecular weight excluding hydrogens is 416 g/mol. The molecule has 0 saturated heterocycles. The third-order valence-electron chi connectivity index (χ3n) is 5.56. The van der Waals surface area contributed by atoms with Crippen LogP contribution in [0.5, 0.6) is 11.5 Å². The first-order valence-corrected chi connectivity index (χ1v) is 10.8. The van der Waals surface area contributed by atoms with Crippen molar-refractivity contribution in [1.29, 1.82) is 0 Å². The van der Waals surface area contributed by atoms with Crippen molar-refractivity contribution in [1.82, 2.24) is 19.7 Å². The van der Waals surface area contributed by atoms with Gasteiger partial charge in [-0.3, -0.25) is 4.79 Å². The zero-order chi connectivity index (χ0) is 23.4. The van der Waals surface area contributed by atoms with Gasteiger partial charge in [-0.25, -0.2) is 4.68 Å². The van der Waals surface area contributed by atoms with Gasteiger partial charge in [-0.2, -0.15) is 5.10 Å². The molecule has 0 aliphatic heterocycles. The first-order valence-electron chi connectivity index (χ1n) is 10.8. The van der Waals surface area contributed by atoms with E-state index in [9.17, 15) is 4.79 Å². The molecule has 1 amide bonds. The van der Waals surface area contributed by atoms with Crippen molar-refractivity contribution in [2.24, 2.45) is 0 Å². The van der Waals surface area contributed by atoms with Crippen molar-refractivity contribution < 1.29 is 14.3 Å². The van der Waals surface area contributed by atoms with Gasteiger partial charge in [0.25, 0.3) is 5.91 Å². The van der Waals surface area contributed by atoms with Gasteiger partial charge in [0, 0.05) is 25.0 Å². The summed E-state index contributed by atoms with van der Waals surface area (Å²) in [4.78, 5) is 13.3. The van der Waals surface area contributed by atoms with Gasteiger partial charge >= 0.3 is 0 Å². The molecular formula is C26H28N4O3. The van der Waals surface area contributed by atoms with Crippen LogP contribution in [0.3, 0.4) is 0 Å². The van der Waals surface area contributed by atoms with Crippen LogP contribution < -0.4 is 14.8 Å². The van der Waals surface area contributed by atoms with Gasteiger partial charge in [-0.15, -0.1) is 0 Å². The van der Waals surface area contributed by atoms with E-state index in [2.05, 4.69) is 5.32 Å². The fourth-order valence-corrected chi connectivity index (χ4v) is 3.82. The molecule has 0 bridgehead atoms. The highest BCUT2D eigenvalue weighted by Gasteiger charge is 2.23. The molecule has 7 nitrogen and oxygen atoms in total. The lowest BCUT2D eigenvalue weighted by Crippen LogP contribution is -2.27. The molecule has 0 unspecified atom stereocenters. The van der Waals surface area contributed by atoms with Crippen molar-refractivity contribution >= 4 is 5.91 Å². The van der Waals surface area contributed by atoms with E-state index in [1.807, 2.05) is 90.1 Å². The number of carbonyl (C=O) groups excluding carboxylic acids is 1. The summed E-state index contributed by atoms with van der Waals surface area (Å²) in [7, 11) is 3.25. The summed E-state index contributed by atoms with van der Waals surface area (Å²) in [5.41, 5.74) is 4.27. The Morgan fingerprint density at radius 1 is 1.00 bits per heavy atom. The van der Waals surface area contributed by atoms with Gasteiger partial charge in [-0.1, -0.05) is 23.8 Å². The van der Waals surface area contributed by atoms with E-state index in [4.69, 9.17) is 14.6 Å². The predicted octanol–water partition coefficient (Wildman–Crippen LogP) is 4.27. The first-order chi connectivity index (χ1) is 16.0. The molecule has 33 heavy (non-hydrogen) atoms. The number of aryl methyl sites for hydroxylation is 2. The maximum absolute atomic E-state index is 13.3. The third-order valence-corrected chi connectivity index (χ3v) is 5.56. The van der Waals surface area contributed by atoms with Crippen LogP contribution in [0.4, 0.5) is 0 Å². The number of aromatic nitrogens is 3. The number of nitrogens with zero attached hydrogens (tertiary/aromatic N) is 3. The quantitative estimate of drug-likeness (QED) is 0.441. The lowest BCUT2D eigenvalue weighted by Gasteiger charge is -2.13. The second-order valence-electron chi connectivity index (χ2n) is 7.81. The SMILES string of the molecule is COc1ccc(CCNC(=O)c2c(C)nn(-c3ccc(C)cc3)c2-n2cccc2)c(OC)c1. The second-order valence-corrected chi connectivity index (χ2v) is 7.81. The van der Waals surface area contributed by atoms with Crippen LogP contribution >= 0.6 is 0 Å². The number of hydrogen-bond acceptors (Lipinski definition) is 4. The van der Waals surface area contributed by atoms with Crippen molar-refractivity contribution in [2.45, 2.75) is 20.3 Å². The Bertz CT molecular complexity index is 1240. The molecule has 0 fully saturated rings. The fourth-order valence-electron chi connectivity index (χ4n) is 3.82. The number of benzene rings is 2. The summed E-state index contributed by atoms with van der Waals surface area (Å²) in [6, 6.07) is 17.6. The lowest BCUT2D eigenvalue weighted by atomic mass is 10.1. The molecule has 0 aliphatic rings. The summed E-state index contributed by atoms with van der Waals surface area (Å²) in [5.74, 6) is 2.01. The van der Waals surface area contributed by atoms with Crippen molar-refractivity contribution in [3.8, 4) is 23.0 Å². The van der Waals surface area contributed by atoms with E-state index in [0.717, 1.165) is 28.3 Å². The summed E-state index contributed by atoms with van der Waals surface area (Å²) in [6.07, 6.45) is 4.46. The Kier molecular flexibility index (Phi) is 6.49. The maximum atomic E-state index is 13.3. The average Bonchev–Trinajstić information content (AvgIpc) is 3.47. The van der Waals surface area contributed by atoms with Crippen LogP contribution in [-0.2, 0) is 6.42 Å². The second kappa shape index (κ2) is 9.65. The highest BCUT2D eigenvalue weighted by Crippen LogP contribution is 2.26. The minimum atomic E-state index is -0.165. The van der Waals surface area contributed by atoms with E-state index < -0.39 is 0 Å². The fraction of sp³-hybridized carbons (Fsp3) is 0.231. The number of ether oxygens (including phenoxy) is 2. The van der Waals surface area contributed by atoms with Crippen LogP contribution in [0.15, 0.2) is 67.0 Å². The normalized spacial score (nSPS) is 10.8. The minimum absolute atomic E-state index is 0.165. The lowest BCUT2D eigenvalue weighted by molar-refractivity contribution is 0.0953. The van der Waals surface area contributed by atoms with Gasteiger partial charge in [0.1, 0.15) is 17.1 Å². The van der Waals surface area contributed by atoms with Crippen LogP contribution in [0, 0.1) is 13.8 Å². The average molecular weight is 445 g/mol. The molecule has 4 aromatic rings. The number of amides is 1. The molecule has 0 saturated carbocycles. The molecule has 170 valence electrons. The van der Waals surface area contributed by atoms with Gasteiger partial charge in [0.05, 0.1) is 25.6 Å².